The molecule has 0 unspecified atom stereocenters. The molecule has 3 aromatic rings. The third-order valence-electron chi connectivity index (χ3n) is 6.80. The van der Waals surface area contributed by atoms with Crippen molar-refractivity contribution < 1.29 is 23.5 Å². The number of hydrogen-bond donors (Lipinski definition) is 1. The van der Waals surface area contributed by atoms with E-state index in [4.69, 9.17) is 4.74 Å². The van der Waals surface area contributed by atoms with Crippen molar-refractivity contribution >= 4 is 29.1 Å². The van der Waals surface area contributed by atoms with E-state index < -0.39 is 5.82 Å². The predicted molar refractivity (Wildman–Crippen MR) is 142 cm³/mol. The molecule has 196 valence electrons. The van der Waals surface area contributed by atoms with Gasteiger partial charge in [0.15, 0.2) is 0 Å². The van der Waals surface area contributed by atoms with Crippen LogP contribution in [-0.2, 0) is 4.74 Å². The molecule has 9 heteroatoms. The molecule has 0 aromatic heterocycles. The van der Waals surface area contributed by atoms with E-state index in [1.54, 1.807) is 52.3 Å². The zero-order valence-electron chi connectivity index (χ0n) is 20.9. The predicted octanol–water partition coefficient (Wildman–Crippen LogP) is 3.51. The number of anilines is 2. The summed E-state index contributed by atoms with van der Waals surface area (Å²) in [7, 11) is 0. The standard InChI is InChI=1S/C29H29FN4O4/c30-23-8-4-7-22(19-23)28(36)33-13-11-32(12-14-33)26-10-9-24(31-27(35)21-5-2-1-3-6-21)20-25(26)29(37)34-15-17-38-18-16-34/h1-10,19-20H,11-18H2,(H,31,35). The highest BCUT2D eigenvalue weighted by atomic mass is 19.1. The van der Waals surface area contributed by atoms with Gasteiger partial charge in [-0.25, -0.2) is 4.39 Å². The summed E-state index contributed by atoms with van der Waals surface area (Å²) in [5.74, 6) is -1.04. The smallest absolute Gasteiger partial charge is 0.256 e. The zero-order chi connectivity index (χ0) is 26.5. The number of piperazine rings is 1. The summed E-state index contributed by atoms with van der Waals surface area (Å²) < 4.78 is 19.0. The minimum Gasteiger partial charge on any atom is -0.378 e. The van der Waals surface area contributed by atoms with E-state index in [1.165, 1.54) is 18.2 Å². The number of nitrogens with one attached hydrogen (secondary N) is 1. The minimum atomic E-state index is -0.444. The average Bonchev–Trinajstić information content (AvgIpc) is 2.97. The van der Waals surface area contributed by atoms with Crippen LogP contribution in [0.4, 0.5) is 15.8 Å². The third kappa shape index (κ3) is 5.68. The first-order valence-electron chi connectivity index (χ1n) is 12.7. The van der Waals surface area contributed by atoms with Gasteiger partial charge in [0, 0.05) is 61.8 Å². The minimum absolute atomic E-state index is 0.127. The Morgan fingerprint density at radius 2 is 1.39 bits per heavy atom. The molecule has 0 radical (unpaired) electrons. The molecule has 0 aliphatic carbocycles. The lowest BCUT2D eigenvalue weighted by atomic mass is 10.1. The Morgan fingerprint density at radius 1 is 0.711 bits per heavy atom. The molecule has 0 bridgehead atoms. The van der Waals surface area contributed by atoms with Gasteiger partial charge in [-0.15, -0.1) is 0 Å². The Balaban J connectivity index is 1.35. The second-order valence-corrected chi connectivity index (χ2v) is 9.25. The van der Waals surface area contributed by atoms with E-state index in [-0.39, 0.29) is 17.7 Å². The molecule has 0 atom stereocenters. The number of benzene rings is 3. The lowest BCUT2D eigenvalue weighted by molar-refractivity contribution is 0.0303. The first-order chi connectivity index (χ1) is 18.5. The Labute approximate surface area is 220 Å². The number of carbonyl (C=O) groups is 3. The van der Waals surface area contributed by atoms with Gasteiger partial charge in [0.1, 0.15) is 5.82 Å². The van der Waals surface area contributed by atoms with Crippen LogP contribution in [0.5, 0.6) is 0 Å². The number of rotatable bonds is 5. The fourth-order valence-electron chi connectivity index (χ4n) is 4.74. The van der Waals surface area contributed by atoms with Crippen molar-refractivity contribution in [2.75, 3.05) is 62.7 Å². The van der Waals surface area contributed by atoms with E-state index in [0.29, 0.717) is 74.9 Å². The van der Waals surface area contributed by atoms with Gasteiger partial charge >= 0.3 is 0 Å². The molecule has 2 saturated heterocycles. The van der Waals surface area contributed by atoms with Gasteiger partial charge in [0.2, 0.25) is 0 Å². The molecule has 2 aliphatic heterocycles. The molecule has 3 aromatic carbocycles. The maximum Gasteiger partial charge on any atom is 0.256 e. The lowest BCUT2D eigenvalue weighted by Crippen LogP contribution is -2.49. The summed E-state index contributed by atoms with van der Waals surface area (Å²) in [6.07, 6.45) is 0. The van der Waals surface area contributed by atoms with Crippen LogP contribution in [0.15, 0.2) is 72.8 Å². The first-order valence-corrected chi connectivity index (χ1v) is 12.7. The molecular weight excluding hydrogens is 487 g/mol. The summed E-state index contributed by atoms with van der Waals surface area (Å²) in [5, 5.41) is 2.89. The van der Waals surface area contributed by atoms with Crippen molar-refractivity contribution in [1.29, 1.82) is 0 Å². The van der Waals surface area contributed by atoms with Gasteiger partial charge in [-0.2, -0.15) is 0 Å². The Hall–Kier alpha value is -4.24. The molecule has 0 saturated carbocycles. The molecule has 3 amide bonds. The highest BCUT2D eigenvalue weighted by Crippen LogP contribution is 2.28. The number of nitrogens with zero attached hydrogens (tertiary/aromatic N) is 3. The quantitative estimate of drug-likeness (QED) is 0.561. The van der Waals surface area contributed by atoms with E-state index >= 15 is 0 Å². The largest absolute Gasteiger partial charge is 0.378 e. The van der Waals surface area contributed by atoms with Crippen molar-refractivity contribution in [1.82, 2.24) is 9.80 Å². The maximum absolute atomic E-state index is 13.6. The highest BCUT2D eigenvalue weighted by Gasteiger charge is 2.28. The van der Waals surface area contributed by atoms with E-state index in [1.807, 2.05) is 12.1 Å². The SMILES string of the molecule is O=C(Nc1ccc(N2CCN(C(=O)c3cccc(F)c3)CC2)c(C(=O)N2CCOCC2)c1)c1ccccc1. The molecule has 2 heterocycles. The van der Waals surface area contributed by atoms with Crippen LogP contribution in [0.3, 0.4) is 0 Å². The van der Waals surface area contributed by atoms with Crippen LogP contribution in [0.1, 0.15) is 31.1 Å². The van der Waals surface area contributed by atoms with Gasteiger partial charge < -0.3 is 24.8 Å². The Morgan fingerprint density at radius 3 is 2.11 bits per heavy atom. The van der Waals surface area contributed by atoms with Crippen molar-refractivity contribution in [2.45, 2.75) is 0 Å². The second kappa shape index (κ2) is 11.4. The van der Waals surface area contributed by atoms with E-state index in [2.05, 4.69) is 10.2 Å². The normalized spacial score (nSPS) is 15.8. The van der Waals surface area contributed by atoms with Gasteiger partial charge in [-0.3, -0.25) is 14.4 Å². The molecule has 5 rings (SSSR count). The van der Waals surface area contributed by atoms with E-state index in [0.717, 1.165) is 5.69 Å². The van der Waals surface area contributed by atoms with Crippen LogP contribution < -0.4 is 10.2 Å². The van der Waals surface area contributed by atoms with Gasteiger partial charge in [0.05, 0.1) is 18.8 Å². The van der Waals surface area contributed by atoms with Gasteiger partial charge in [0.25, 0.3) is 17.7 Å². The number of hydrogen-bond acceptors (Lipinski definition) is 5. The molecule has 1 N–H and O–H groups in total. The number of carbonyl (C=O) groups excluding carboxylic acids is 3. The zero-order valence-corrected chi connectivity index (χ0v) is 20.9. The van der Waals surface area contributed by atoms with Crippen LogP contribution in [-0.4, -0.2) is 80.0 Å². The van der Waals surface area contributed by atoms with Crippen LogP contribution in [0, 0.1) is 5.82 Å². The third-order valence-corrected chi connectivity index (χ3v) is 6.80. The second-order valence-electron chi connectivity index (χ2n) is 9.25. The van der Waals surface area contributed by atoms with Crippen molar-refractivity contribution in [3.63, 3.8) is 0 Å². The summed E-state index contributed by atoms with van der Waals surface area (Å²) in [6.45, 7) is 3.85. The number of morpholine rings is 1. The molecular formula is C29H29FN4O4. The van der Waals surface area contributed by atoms with Crippen molar-refractivity contribution in [2.24, 2.45) is 0 Å². The van der Waals surface area contributed by atoms with E-state index in [9.17, 15) is 18.8 Å². The maximum atomic E-state index is 13.6. The topological polar surface area (TPSA) is 82.2 Å². The van der Waals surface area contributed by atoms with Crippen molar-refractivity contribution in [3.05, 3.63) is 95.3 Å². The summed E-state index contributed by atoms with van der Waals surface area (Å²) in [4.78, 5) is 44.7. The molecule has 2 fully saturated rings. The van der Waals surface area contributed by atoms with Gasteiger partial charge in [-0.05, 0) is 48.5 Å². The molecule has 38 heavy (non-hydrogen) atoms. The summed E-state index contributed by atoms with van der Waals surface area (Å²) in [6, 6.07) is 19.9. The van der Waals surface area contributed by atoms with Crippen LogP contribution in [0.25, 0.3) is 0 Å². The van der Waals surface area contributed by atoms with Crippen molar-refractivity contribution in [3.8, 4) is 0 Å². The average molecular weight is 517 g/mol. The Kier molecular flexibility index (Phi) is 7.65. The van der Waals surface area contributed by atoms with Gasteiger partial charge in [-0.1, -0.05) is 24.3 Å². The lowest BCUT2D eigenvalue weighted by Gasteiger charge is -2.37. The number of halogens is 1. The summed E-state index contributed by atoms with van der Waals surface area (Å²) >= 11 is 0. The Bertz CT molecular complexity index is 1320. The molecule has 0 spiro atoms. The van der Waals surface area contributed by atoms with Crippen LogP contribution in [0.2, 0.25) is 0 Å². The fraction of sp³-hybridized carbons (Fsp3) is 0.276. The number of ether oxygens (including phenoxy) is 1. The summed E-state index contributed by atoms with van der Waals surface area (Å²) in [5.41, 5.74) is 2.61. The monoisotopic (exact) mass is 516 g/mol. The molecule has 8 nitrogen and oxygen atoms in total. The fourth-order valence-corrected chi connectivity index (χ4v) is 4.74. The molecule has 2 aliphatic rings. The highest BCUT2D eigenvalue weighted by molar-refractivity contribution is 6.06. The number of amides is 3. The first kappa shape index (κ1) is 25.4. The van der Waals surface area contributed by atoms with Crippen LogP contribution >= 0.6 is 0 Å².